The summed E-state index contributed by atoms with van der Waals surface area (Å²) in [5.41, 5.74) is 4.79. The molecule has 0 bridgehead atoms. The van der Waals surface area contributed by atoms with Gasteiger partial charge in [-0.3, -0.25) is 0 Å². The van der Waals surface area contributed by atoms with Gasteiger partial charge in [0, 0.05) is 40.0 Å². The van der Waals surface area contributed by atoms with Gasteiger partial charge >= 0.3 is 5.97 Å². The molecule has 0 saturated heterocycles. The molecule has 1 aliphatic rings. The highest BCUT2D eigenvalue weighted by molar-refractivity contribution is 7.15. The van der Waals surface area contributed by atoms with Crippen LogP contribution < -0.4 is 4.74 Å². The molecule has 1 aromatic carbocycles. The molecule has 0 spiro atoms. The average molecular weight is 399 g/mol. The van der Waals surface area contributed by atoms with E-state index in [-0.39, 0.29) is 0 Å². The molecule has 2 aromatic heterocycles. The Morgan fingerprint density at radius 1 is 1.07 bits per heavy atom. The van der Waals surface area contributed by atoms with E-state index in [1.807, 2.05) is 24.3 Å². The molecule has 0 aliphatic heterocycles. The molecule has 1 N–H and O–H groups in total. The maximum atomic E-state index is 11.1. The smallest absolute Gasteiger partial charge is 0.333 e. The Hall–Kier alpha value is -2.41. The van der Waals surface area contributed by atoms with Gasteiger partial charge in [0.15, 0.2) is 6.10 Å². The first kappa shape index (κ1) is 18.0. The van der Waals surface area contributed by atoms with Crippen LogP contribution in [-0.4, -0.2) is 30.9 Å². The third kappa shape index (κ3) is 3.56. The van der Waals surface area contributed by atoms with Gasteiger partial charge in [-0.2, -0.15) is 0 Å². The molecule has 0 saturated carbocycles. The number of fused-ring (bicyclic) bond motifs is 3. The van der Waals surface area contributed by atoms with E-state index in [4.69, 9.17) is 14.6 Å². The summed E-state index contributed by atoms with van der Waals surface area (Å²) >= 11 is 3.53. The van der Waals surface area contributed by atoms with Crippen LogP contribution in [0.3, 0.4) is 0 Å². The predicted molar refractivity (Wildman–Crippen MR) is 109 cm³/mol. The fourth-order valence-corrected chi connectivity index (χ4v) is 5.16. The zero-order valence-corrected chi connectivity index (χ0v) is 16.3. The molecular weight excluding hydrogens is 380 g/mol. The lowest BCUT2D eigenvalue weighted by molar-refractivity contribution is -0.148. The Labute approximate surface area is 165 Å². The van der Waals surface area contributed by atoms with Gasteiger partial charge in [0.25, 0.3) is 0 Å². The van der Waals surface area contributed by atoms with Gasteiger partial charge in [-0.05, 0) is 46.7 Å². The molecule has 3 aromatic rings. The highest BCUT2D eigenvalue weighted by atomic mass is 32.1. The van der Waals surface area contributed by atoms with Gasteiger partial charge in [0.2, 0.25) is 0 Å². The lowest BCUT2D eigenvalue weighted by atomic mass is 10.1. The van der Waals surface area contributed by atoms with E-state index in [0.29, 0.717) is 13.0 Å². The summed E-state index contributed by atoms with van der Waals surface area (Å²) in [6, 6.07) is 11.8. The fourth-order valence-electron chi connectivity index (χ4n) is 3.18. The van der Waals surface area contributed by atoms with Crippen LogP contribution in [0.5, 0.6) is 5.75 Å². The normalized spacial score (nSPS) is 13.1. The molecule has 138 valence electrons. The summed E-state index contributed by atoms with van der Waals surface area (Å²) in [5.74, 6) is -0.197. The molecule has 27 heavy (non-hydrogen) atoms. The maximum absolute atomic E-state index is 11.1. The fraction of sp³-hybridized carbons (Fsp3) is 0.190. The largest absolute Gasteiger partial charge is 0.490 e. The molecule has 1 aliphatic carbocycles. The van der Waals surface area contributed by atoms with Crippen molar-refractivity contribution in [3.63, 3.8) is 0 Å². The first-order valence-corrected chi connectivity index (χ1v) is 10.3. The Bertz CT molecular complexity index is 940. The Morgan fingerprint density at radius 3 is 2.26 bits per heavy atom. The number of hydrogen-bond acceptors (Lipinski definition) is 5. The van der Waals surface area contributed by atoms with Gasteiger partial charge in [0.1, 0.15) is 12.4 Å². The van der Waals surface area contributed by atoms with Crippen molar-refractivity contribution in [2.24, 2.45) is 0 Å². The molecule has 4 nitrogen and oxygen atoms in total. The Balaban J connectivity index is 1.42. The van der Waals surface area contributed by atoms with Crippen molar-refractivity contribution in [2.45, 2.75) is 12.5 Å². The monoisotopic (exact) mass is 398 g/mol. The van der Waals surface area contributed by atoms with E-state index in [2.05, 4.69) is 29.0 Å². The van der Waals surface area contributed by atoms with E-state index >= 15 is 0 Å². The minimum Gasteiger partial charge on any atom is -0.490 e. The van der Waals surface area contributed by atoms with Crippen LogP contribution in [0.1, 0.15) is 15.3 Å². The van der Waals surface area contributed by atoms with Gasteiger partial charge in [-0.1, -0.05) is 12.1 Å². The number of methoxy groups -OCH3 is 1. The van der Waals surface area contributed by atoms with Crippen LogP contribution in [0, 0.1) is 0 Å². The minimum absolute atomic E-state index is 0.332. The number of carboxylic acids is 1. The first-order valence-electron chi connectivity index (χ1n) is 8.51. The number of carboxylic acid groups (broad SMARTS) is 1. The summed E-state index contributed by atoms with van der Waals surface area (Å²) < 4.78 is 10.8. The van der Waals surface area contributed by atoms with Gasteiger partial charge < -0.3 is 14.6 Å². The van der Waals surface area contributed by atoms with Crippen molar-refractivity contribution >= 4 is 34.2 Å². The lowest BCUT2D eigenvalue weighted by Crippen LogP contribution is -2.24. The predicted octanol–water partition coefficient (Wildman–Crippen LogP) is 4.94. The molecule has 0 amide bonds. The molecule has 2 heterocycles. The molecule has 6 heteroatoms. The summed E-state index contributed by atoms with van der Waals surface area (Å²) in [6.45, 7) is 0.485. The van der Waals surface area contributed by atoms with Crippen LogP contribution in [0.4, 0.5) is 0 Å². The molecule has 1 atom stereocenters. The second-order valence-corrected chi connectivity index (χ2v) is 8.00. The molecule has 0 radical (unpaired) electrons. The number of carbonyl (C=O) groups is 1. The second-order valence-electron chi connectivity index (χ2n) is 6.17. The average Bonchev–Trinajstić information content (AvgIpc) is 3.36. The van der Waals surface area contributed by atoms with E-state index in [9.17, 15) is 4.79 Å². The minimum atomic E-state index is -0.957. The van der Waals surface area contributed by atoms with E-state index in [0.717, 1.165) is 11.3 Å². The van der Waals surface area contributed by atoms with E-state index in [1.165, 1.54) is 33.6 Å². The van der Waals surface area contributed by atoms with E-state index < -0.39 is 12.1 Å². The van der Waals surface area contributed by atoms with Crippen LogP contribution in [0.15, 0.2) is 53.2 Å². The van der Waals surface area contributed by atoms with E-state index in [1.54, 1.807) is 22.7 Å². The lowest BCUT2D eigenvalue weighted by Gasteiger charge is -2.11. The van der Waals surface area contributed by atoms with Crippen molar-refractivity contribution in [1.82, 2.24) is 0 Å². The zero-order chi connectivity index (χ0) is 18.8. The third-order valence-corrected chi connectivity index (χ3v) is 6.45. The number of ether oxygens (including phenoxy) is 2. The second kappa shape index (κ2) is 7.68. The number of hydrogen-bond donors (Lipinski definition) is 1. The van der Waals surface area contributed by atoms with Crippen LogP contribution in [-0.2, 0) is 16.0 Å². The quantitative estimate of drug-likeness (QED) is 0.479. The molecule has 4 rings (SSSR count). The van der Waals surface area contributed by atoms with Crippen molar-refractivity contribution in [1.29, 1.82) is 0 Å². The van der Waals surface area contributed by atoms with Crippen molar-refractivity contribution < 1.29 is 19.4 Å². The highest BCUT2D eigenvalue weighted by Crippen LogP contribution is 2.49. The SMILES string of the molecule is COC(Cc1ccc(OCC=C2c3sccc3-c3ccsc32)cc1)C(=O)O. The summed E-state index contributed by atoms with van der Waals surface area (Å²) in [5, 5.41) is 13.3. The maximum Gasteiger partial charge on any atom is 0.333 e. The molecular formula is C21H18O4S2. The van der Waals surface area contributed by atoms with Crippen LogP contribution in [0.25, 0.3) is 16.7 Å². The summed E-state index contributed by atoms with van der Waals surface area (Å²) in [6.07, 6.45) is 1.64. The molecule has 0 fully saturated rings. The third-order valence-electron chi connectivity index (χ3n) is 4.55. The highest BCUT2D eigenvalue weighted by Gasteiger charge is 2.25. The Kier molecular flexibility index (Phi) is 5.11. The van der Waals surface area contributed by atoms with Crippen molar-refractivity contribution in [3.05, 3.63) is 68.6 Å². The topological polar surface area (TPSA) is 55.8 Å². The zero-order valence-electron chi connectivity index (χ0n) is 14.7. The number of thiophene rings is 2. The van der Waals surface area contributed by atoms with Gasteiger partial charge in [-0.25, -0.2) is 4.79 Å². The number of benzene rings is 1. The van der Waals surface area contributed by atoms with Gasteiger partial charge in [-0.15, -0.1) is 22.7 Å². The Morgan fingerprint density at radius 2 is 1.70 bits per heavy atom. The number of aliphatic carboxylic acids is 1. The standard InChI is InChI=1S/C21H18O4S2/c1-24-18(21(22)23)12-13-2-4-14(5-3-13)25-9-6-17-19-15(7-10-26-19)16-8-11-27-20(16)17/h2-8,10-11,18H,9,12H2,1H3,(H,22,23). The summed E-state index contributed by atoms with van der Waals surface area (Å²) in [7, 11) is 1.41. The first-order chi connectivity index (χ1) is 13.2. The van der Waals surface area contributed by atoms with Crippen LogP contribution in [0.2, 0.25) is 0 Å². The van der Waals surface area contributed by atoms with Crippen molar-refractivity contribution in [3.8, 4) is 16.9 Å². The number of rotatable bonds is 7. The van der Waals surface area contributed by atoms with Crippen LogP contribution >= 0.6 is 22.7 Å². The summed E-state index contributed by atoms with van der Waals surface area (Å²) in [4.78, 5) is 13.7. The van der Waals surface area contributed by atoms with Crippen molar-refractivity contribution in [2.75, 3.05) is 13.7 Å². The molecule has 1 unspecified atom stereocenters. The van der Waals surface area contributed by atoms with Gasteiger partial charge in [0.05, 0.1) is 0 Å².